The molecule has 0 bridgehead atoms. The lowest BCUT2D eigenvalue weighted by Gasteiger charge is -2.42. The Balaban J connectivity index is 1.67. The zero-order valence-corrected chi connectivity index (χ0v) is 13.3. The van der Waals surface area contributed by atoms with E-state index in [0.29, 0.717) is 24.7 Å². The molecule has 3 aliphatic rings. The fourth-order valence-electron chi connectivity index (χ4n) is 3.82. The van der Waals surface area contributed by atoms with Crippen LogP contribution < -0.4 is 4.74 Å². The molecule has 1 saturated carbocycles. The van der Waals surface area contributed by atoms with Gasteiger partial charge in [0.2, 0.25) is 10.0 Å². The largest absolute Gasteiger partial charge is 0.493 e. The van der Waals surface area contributed by atoms with E-state index in [1.165, 1.54) is 0 Å². The highest BCUT2D eigenvalue weighted by atomic mass is 32.2. The minimum absolute atomic E-state index is 0.00277. The quantitative estimate of drug-likeness (QED) is 0.835. The molecule has 1 aromatic carbocycles. The molecule has 0 amide bonds. The van der Waals surface area contributed by atoms with Crippen molar-refractivity contribution in [2.75, 3.05) is 19.8 Å². The molecule has 1 aliphatic carbocycles. The van der Waals surface area contributed by atoms with E-state index in [4.69, 9.17) is 9.47 Å². The molecule has 0 spiro atoms. The number of hydrogen-bond donors (Lipinski definition) is 0. The third-order valence-electron chi connectivity index (χ3n) is 4.95. The minimum Gasteiger partial charge on any atom is -0.493 e. The van der Waals surface area contributed by atoms with Gasteiger partial charge in [-0.15, -0.1) is 0 Å². The number of hydrogen-bond acceptors (Lipinski definition) is 4. The summed E-state index contributed by atoms with van der Waals surface area (Å²) < 4.78 is 39.1. The topological polar surface area (TPSA) is 55.8 Å². The number of morpholine rings is 1. The zero-order chi connectivity index (χ0) is 15.2. The molecule has 0 N–H and O–H groups in total. The van der Waals surface area contributed by atoms with E-state index in [9.17, 15) is 8.42 Å². The number of fused-ring (bicyclic) bond motifs is 2. The van der Waals surface area contributed by atoms with Crippen molar-refractivity contribution in [1.82, 2.24) is 4.31 Å². The maximum Gasteiger partial charge on any atom is 0.243 e. The van der Waals surface area contributed by atoms with Crippen LogP contribution >= 0.6 is 0 Å². The summed E-state index contributed by atoms with van der Waals surface area (Å²) in [5.41, 5.74) is 0.995. The Kier molecular flexibility index (Phi) is 3.63. The molecule has 1 saturated heterocycles. The highest BCUT2D eigenvalue weighted by Gasteiger charge is 2.41. The van der Waals surface area contributed by atoms with Gasteiger partial charge in [-0.05, 0) is 36.6 Å². The molecule has 4 rings (SSSR count). The summed E-state index contributed by atoms with van der Waals surface area (Å²) >= 11 is 0. The number of sulfonamides is 1. The highest BCUT2D eigenvalue weighted by Crippen LogP contribution is 2.34. The van der Waals surface area contributed by atoms with Crippen LogP contribution in [-0.2, 0) is 21.2 Å². The van der Waals surface area contributed by atoms with Crippen molar-refractivity contribution in [2.45, 2.75) is 49.1 Å². The molecule has 2 heterocycles. The smallest absolute Gasteiger partial charge is 0.243 e. The Hall–Kier alpha value is -1.11. The van der Waals surface area contributed by atoms with Gasteiger partial charge in [-0.2, -0.15) is 4.31 Å². The summed E-state index contributed by atoms with van der Waals surface area (Å²) in [7, 11) is -3.46. The fourth-order valence-corrected chi connectivity index (χ4v) is 5.53. The van der Waals surface area contributed by atoms with E-state index in [-0.39, 0.29) is 12.1 Å². The zero-order valence-electron chi connectivity index (χ0n) is 12.5. The van der Waals surface area contributed by atoms with Crippen LogP contribution in [-0.4, -0.2) is 44.6 Å². The maximum atomic E-state index is 13.1. The third kappa shape index (κ3) is 2.33. The maximum absolute atomic E-state index is 13.1. The van der Waals surface area contributed by atoms with Crippen LogP contribution in [0.2, 0.25) is 0 Å². The van der Waals surface area contributed by atoms with E-state index in [0.717, 1.165) is 43.4 Å². The molecular weight excluding hydrogens is 302 g/mol. The fraction of sp³-hybridized carbons (Fsp3) is 0.625. The standard InChI is InChI=1S/C16H21NO4S/c18-22(19,13-5-6-15-12(11-13)7-9-20-15)17-8-10-21-16-4-2-1-3-14(16)17/h5-6,11,14,16H,1-4,7-10H2/t14-,16-/m1/s1. The van der Waals surface area contributed by atoms with Gasteiger partial charge in [0.1, 0.15) is 5.75 Å². The van der Waals surface area contributed by atoms with E-state index in [1.54, 1.807) is 22.5 Å². The van der Waals surface area contributed by atoms with Crippen molar-refractivity contribution in [1.29, 1.82) is 0 Å². The van der Waals surface area contributed by atoms with Gasteiger partial charge in [0.05, 0.1) is 30.3 Å². The first kappa shape index (κ1) is 14.5. The van der Waals surface area contributed by atoms with E-state index >= 15 is 0 Å². The lowest BCUT2D eigenvalue weighted by molar-refractivity contribution is -0.0586. The molecule has 0 aromatic heterocycles. The van der Waals surface area contributed by atoms with Gasteiger partial charge in [0.15, 0.2) is 0 Å². The molecule has 2 fully saturated rings. The predicted molar refractivity (Wildman–Crippen MR) is 81.5 cm³/mol. The van der Waals surface area contributed by atoms with Crippen molar-refractivity contribution in [3.05, 3.63) is 23.8 Å². The van der Waals surface area contributed by atoms with E-state index in [1.807, 2.05) is 0 Å². The van der Waals surface area contributed by atoms with Gasteiger partial charge >= 0.3 is 0 Å². The average Bonchev–Trinajstić information content (AvgIpc) is 3.02. The molecule has 2 atom stereocenters. The Morgan fingerprint density at radius 2 is 2.00 bits per heavy atom. The van der Waals surface area contributed by atoms with Gasteiger partial charge in [-0.1, -0.05) is 12.8 Å². The first-order valence-electron chi connectivity index (χ1n) is 8.05. The molecule has 120 valence electrons. The summed E-state index contributed by atoms with van der Waals surface area (Å²) in [6.07, 6.45) is 4.93. The molecule has 5 nitrogen and oxygen atoms in total. The Morgan fingerprint density at radius 1 is 1.14 bits per heavy atom. The molecule has 2 aliphatic heterocycles. The third-order valence-corrected chi connectivity index (χ3v) is 6.87. The van der Waals surface area contributed by atoms with E-state index < -0.39 is 10.0 Å². The van der Waals surface area contributed by atoms with Gasteiger partial charge in [0.25, 0.3) is 0 Å². The van der Waals surface area contributed by atoms with Crippen molar-refractivity contribution in [2.24, 2.45) is 0 Å². The van der Waals surface area contributed by atoms with Gasteiger partial charge in [-0.25, -0.2) is 8.42 Å². The Bertz CT molecular complexity index is 671. The van der Waals surface area contributed by atoms with Gasteiger partial charge < -0.3 is 9.47 Å². The summed E-state index contributed by atoms with van der Waals surface area (Å²) in [6, 6.07) is 5.24. The second kappa shape index (κ2) is 5.51. The predicted octanol–water partition coefficient (Wildman–Crippen LogP) is 1.95. The van der Waals surface area contributed by atoms with Crippen LogP contribution in [0, 0.1) is 0 Å². The Morgan fingerprint density at radius 3 is 2.91 bits per heavy atom. The van der Waals surface area contributed by atoms with E-state index in [2.05, 4.69) is 0 Å². The number of benzene rings is 1. The van der Waals surface area contributed by atoms with Crippen LogP contribution in [0.15, 0.2) is 23.1 Å². The van der Waals surface area contributed by atoms with Crippen molar-refractivity contribution in [3.63, 3.8) is 0 Å². The highest BCUT2D eigenvalue weighted by molar-refractivity contribution is 7.89. The first-order chi connectivity index (χ1) is 10.7. The van der Waals surface area contributed by atoms with Crippen LogP contribution in [0.3, 0.4) is 0 Å². The van der Waals surface area contributed by atoms with Crippen molar-refractivity contribution < 1.29 is 17.9 Å². The minimum atomic E-state index is -3.46. The summed E-state index contributed by atoms with van der Waals surface area (Å²) in [5, 5.41) is 0. The van der Waals surface area contributed by atoms with Crippen molar-refractivity contribution in [3.8, 4) is 5.75 Å². The molecule has 0 radical (unpaired) electrons. The molecule has 6 heteroatoms. The molecule has 1 aromatic rings. The number of ether oxygens (including phenoxy) is 2. The summed E-state index contributed by atoms with van der Waals surface area (Å²) in [6.45, 7) is 1.59. The SMILES string of the molecule is O=S(=O)(c1ccc2c(c1)CCO2)N1CCO[C@@H]2CCCC[C@H]21. The van der Waals surface area contributed by atoms with Gasteiger partial charge in [0, 0.05) is 13.0 Å². The summed E-state index contributed by atoms with van der Waals surface area (Å²) in [4.78, 5) is 0.392. The van der Waals surface area contributed by atoms with Crippen LogP contribution in [0.1, 0.15) is 31.2 Å². The number of nitrogens with zero attached hydrogens (tertiary/aromatic N) is 1. The Labute approximate surface area is 131 Å². The molecule has 0 unspecified atom stereocenters. The van der Waals surface area contributed by atoms with Crippen LogP contribution in [0.4, 0.5) is 0 Å². The lowest BCUT2D eigenvalue weighted by atomic mass is 9.91. The second-order valence-electron chi connectivity index (χ2n) is 6.24. The van der Waals surface area contributed by atoms with Gasteiger partial charge in [-0.3, -0.25) is 0 Å². The molecule has 22 heavy (non-hydrogen) atoms. The van der Waals surface area contributed by atoms with Crippen LogP contribution in [0.5, 0.6) is 5.75 Å². The first-order valence-corrected chi connectivity index (χ1v) is 9.49. The summed E-state index contributed by atoms with van der Waals surface area (Å²) in [5.74, 6) is 0.816. The van der Waals surface area contributed by atoms with Crippen molar-refractivity contribution >= 4 is 10.0 Å². The normalized spacial score (nSPS) is 28.7. The monoisotopic (exact) mass is 323 g/mol. The number of rotatable bonds is 2. The molecular formula is C16H21NO4S. The average molecular weight is 323 g/mol. The van der Waals surface area contributed by atoms with Crippen LogP contribution in [0.25, 0.3) is 0 Å². The second-order valence-corrected chi connectivity index (χ2v) is 8.14. The lowest BCUT2D eigenvalue weighted by Crippen LogP contribution is -2.54.